The van der Waals surface area contributed by atoms with Crippen LogP contribution in [-0.4, -0.2) is 33.6 Å². The highest BCUT2D eigenvalue weighted by atomic mass is 16.4. The number of fused-ring (bicyclic) bond motifs is 1. The smallest absolute Gasteiger partial charge is 0.303 e. The summed E-state index contributed by atoms with van der Waals surface area (Å²) in [4.78, 5) is 25.7. The number of carbonyl (C=O) groups is 1. The van der Waals surface area contributed by atoms with E-state index < -0.39 is 5.97 Å². The summed E-state index contributed by atoms with van der Waals surface area (Å²) in [5, 5.41) is 8.84. The summed E-state index contributed by atoms with van der Waals surface area (Å²) in [6.07, 6.45) is 2.14. The van der Waals surface area contributed by atoms with Gasteiger partial charge in [0, 0.05) is 43.7 Å². The predicted octanol–water partition coefficient (Wildman–Crippen LogP) is 1.65. The summed E-state index contributed by atoms with van der Waals surface area (Å²) in [5.41, 5.74) is 2.98. The zero-order chi connectivity index (χ0) is 15.4. The first-order valence-electron chi connectivity index (χ1n) is 7.75. The van der Waals surface area contributed by atoms with Gasteiger partial charge in [0.15, 0.2) is 0 Å². The SMILES string of the molecule is CCCn1c2c(cc(CCC(=O)O)c1=O)CN(CC)CC2. The van der Waals surface area contributed by atoms with E-state index in [1.807, 2.05) is 10.6 Å². The van der Waals surface area contributed by atoms with Crippen LogP contribution in [0.2, 0.25) is 0 Å². The van der Waals surface area contributed by atoms with Crippen LogP contribution in [0.15, 0.2) is 10.9 Å². The van der Waals surface area contributed by atoms with Gasteiger partial charge in [-0.1, -0.05) is 13.8 Å². The highest BCUT2D eigenvalue weighted by molar-refractivity contribution is 5.67. The lowest BCUT2D eigenvalue weighted by molar-refractivity contribution is -0.136. The van der Waals surface area contributed by atoms with E-state index in [1.165, 1.54) is 5.56 Å². The number of aromatic nitrogens is 1. The van der Waals surface area contributed by atoms with Gasteiger partial charge in [-0.05, 0) is 31.0 Å². The largest absolute Gasteiger partial charge is 0.481 e. The third-order valence-electron chi connectivity index (χ3n) is 4.13. The lowest BCUT2D eigenvalue weighted by atomic mass is 10.0. The molecule has 2 heterocycles. The molecule has 0 spiro atoms. The molecular weight excluding hydrogens is 268 g/mol. The second kappa shape index (κ2) is 6.89. The quantitative estimate of drug-likeness (QED) is 0.866. The van der Waals surface area contributed by atoms with Gasteiger partial charge in [0.25, 0.3) is 5.56 Å². The molecule has 0 atom stereocenters. The molecule has 1 aromatic heterocycles. The van der Waals surface area contributed by atoms with Gasteiger partial charge in [0.05, 0.1) is 0 Å². The molecule has 1 aromatic rings. The van der Waals surface area contributed by atoms with Crippen LogP contribution in [0.4, 0.5) is 0 Å². The second-order valence-corrected chi connectivity index (χ2v) is 5.61. The molecule has 0 amide bonds. The number of aliphatic carboxylic acids is 1. The van der Waals surface area contributed by atoms with Crippen LogP contribution >= 0.6 is 0 Å². The van der Waals surface area contributed by atoms with Gasteiger partial charge in [-0.15, -0.1) is 0 Å². The van der Waals surface area contributed by atoms with Crippen LogP contribution in [0, 0.1) is 0 Å². The summed E-state index contributed by atoms with van der Waals surface area (Å²) < 4.78 is 1.87. The molecular formula is C16H24N2O3. The van der Waals surface area contributed by atoms with Crippen LogP contribution in [-0.2, 0) is 30.7 Å². The van der Waals surface area contributed by atoms with Gasteiger partial charge in [0.1, 0.15) is 0 Å². The predicted molar refractivity (Wildman–Crippen MR) is 81.6 cm³/mol. The van der Waals surface area contributed by atoms with Crippen molar-refractivity contribution in [1.82, 2.24) is 9.47 Å². The van der Waals surface area contributed by atoms with E-state index in [4.69, 9.17) is 5.11 Å². The molecule has 116 valence electrons. The van der Waals surface area contributed by atoms with E-state index in [0.29, 0.717) is 18.5 Å². The Morgan fingerprint density at radius 1 is 1.38 bits per heavy atom. The molecule has 1 aliphatic rings. The number of hydrogen-bond donors (Lipinski definition) is 1. The maximum absolute atomic E-state index is 12.6. The van der Waals surface area contributed by atoms with Gasteiger partial charge in [-0.25, -0.2) is 0 Å². The summed E-state index contributed by atoms with van der Waals surface area (Å²) in [5.74, 6) is -0.857. The average Bonchev–Trinajstić information content (AvgIpc) is 2.47. The van der Waals surface area contributed by atoms with Crippen molar-refractivity contribution in [3.63, 3.8) is 0 Å². The van der Waals surface area contributed by atoms with E-state index in [1.54, 1.807) is 0 Å². The van der Waals surface area contributed by atoms with Crippen LogP contribution < -0.4 is 5.56 Å². The molecule has 0 saturated heterocycles. The van der Waals surface area contributed by atoms with E-state index in [2.05, 4.69) is 18.7 Å². The summed E-state index contributed by atoms with van der Waals surface area (Å²) >= 11 is 0. The Hall–Kier alpha value is -1.62. The molecule has 0 saturated carbocycles. The molecule has 0 unspecified atom stereocenters. The molecule has 5 heteroatoms. The Morgan fingerprint density at radius 2 is 2.14 bits per heavy atom. The van der Waals surface area contributed by atoms with Crippen molar-refractivity contribution in [2.75, 3.05) is 13.1 Å². The topological polar surface area (TPSA) is 62.5 Å². The van der Waals surface area contributed by atoms with Gasteiger partial charge >= 0.3 is 5.97 Å². The molecule has 0 radical (unpaired) electrons. The summed E-state index contributed by atoms with van der Waals surface area (Å²) in [7, 11) is 0. The third kappa shape index (κ3) is 3.53. The lowest BCUT2D eigenvalue weighted by Gasteiger charge is -2.30. The van der Waals surface area contributed by atoms with Gasteiger partial charge in [-0.3, -0.25) is 14.5 Å². The minimum Gasteiger partial charge on any atom is -0.481 e. The molecule has 1 N–H and O–H groups in total. The van der Waals surface area contributed by atoms with Crippen LogP contribution in [0.25, 0.3) is 0 Å². The van der Waals surface area contributed by atoms with Crippen LogP contribution in [0.5, 0.6) is 0 Å². The summed E-state index contributed by atoms with van der Waals surface area (Å²) in [6, 6.07) is 1.94. The highest BCUT2D eigenvalue weighted by Crippen LogP contribution is 2.19. The Balaban J connectivity index is 2.41. The molecule has 0 aliphatic carbocycles. The zero-order valence-corrected chi connectivity index (χ0v) is 12.9. The monoisotopic (exact) mass is 292 g/mol. The van der Waals surface area contributed by atoms with Crippen molar-refractivity contribution in [2.45, 2.75) is 52.6 Å². The molecule has 0 bridgehead atoms. The van der Waals surface area contributed by atoms with E-state index in [9.17, 15) is 9.59 Å². The maximum atomic E-state index is 12.6. The van der Waals surface area contributed by atoms with Gasteiger partial charge in [-0.2, -0.15) is 0 Å². The molecule has 0 aromatic carbocycles. The Morgan fingerprint density at radius 3 is 2.76 bits per heavy atom. The molecule has 1 aliphatic heterocycles. The second-order valence-electron chi connectivity index (χ2n) is 5.61. The van der Waals surface area contributed by atoms with Crippen LogP contribution in [0.1, 0.15) is 43.5 Å². The minimum atomic E-state index is -0.857. The first-order valence-corrected chi connectivity index (χ1v) is 7.75. The maximum Gasteiger partial charge on any atom is 0.303 e. The lowest BCUT2D eigenvalue weighted by Crippen LogP contribution is -2.37. The van der Waals surface area contributed by atoms with Crippen molar-refractivity contribution in [1.29, 1.82) is 0 Å². The first-order chi connectivity index (χ1) is 10.1. The fourth-order valence-corrected chi connectivity index (χ4v) is 2.99. The molecule has 21 heavy (non-hydrogen) atoms. The van der Waals surface area contributed by atoms with Crippen LogP contribution in [0.3, 0.4) is 0 Å². The standard InChI is InChI=1S/C16H24N2O3/c1-3-8-18-14-7-9-17(4-2)11-13(14)10-12(16(18)21)5-6-15(19)20/h10H,3-9,11H2,1-2H3,(H,19,20). The van der Waals surface area contributed by atoms with E-state index >= 15 is 0 Å². The van der Waals surface area contributed by atoms with Gasteiger partial charge in [0.2, 0.25) is 0 Å². The Bertz CT molecular complexity index is 578. The number of likely N-dealkylation sites (N-methyl/N-ethyl adjacent to an activating group) is 1. The Labute approximate surface area is 125 Å². The molecule has 5 nitrogen and oxygen atoms in total. The molecule has 2 rings (SSSR count). The molecule has 0 fully saturated rings. The highest BCUT2D eigenvalue weighted by Gasteiger charge is 2.20. The summed E-state index contributed by atoms with van der Waals surface area (Å²) in [6.45, 7) is 7.75. The fraction of sp³-hybridized carbons (Fsp3) is 0.625. The third-order valence-corrected chi connectivity index (χ3v) is 4.13. The average molecular weight is 292 g/mol. The van der Waals surface area contributed by atoms with Crippen molar-refractivity contribution < 1.29 is 9.90 Å². The normalized spacial score (nSPS) is 15.0. The number of carboxylic acid groups (broad SMARTS) is 1. The number of pyridine rings is 1. The van der Waals surface area contributed by atoms with Crippen molar-refractivity contribution in [3.8, 4) is 0 Å². The number of aryl methyl sites for hydroxylation is 1. The number of carboxylic acids is 1. The fourth-order valence-electron chi connectivity index (χ4n) is 2.99. The minimum absolute atomic E-state index is 0.00167. The number of hydrogen-bond acceptors (Lipinski definition) is 3. The van der Waals surface area contributed by atoms with Crippen molar-refractivity contribution >= 4 is 5.97 Å². The van der Waals surface area contributed by atoms with Gasteiger partial charge < -0.3 is 9.67 Å². The van der Waals surface area contributed by atoms with Crippen molar-refractivity contribution in [3.05, 3.63) is 33.2 Å². The van der Waals surface area contributed by atoms with Crippen molar-refractivity contribution in [2.24, 2.45) is 0 Å². The van der Waals surface area contributed by atoms with E-state index in [-0.39, 0.29) is 12.0 Å². The first kappa shape index (κ1) is 15.8. The van der Waals surface area contributed by atoms with E-state index in [0.717, 1.165) is 38.2 Å². The number of nitrogens with zero attached hydrogens (tertiary/aromatic N) is 2. The Kier molecular flexibility index (Phi) is 5.17. The zero-order valence-electron chi connectivity index (χ0n) is 12.9. The number of rotatable bonds is 6.